The van der Waals surface area contributed by atoms with E-state index in [2.05, 4.69) is 0 Å². The molecule has 0 aromatic carbocycles. The van der Waals surface area contributed by atoms with Crippen LogP contribution >= 0.6 is 0 Å². The first-order valence-electron chi connectivity index (χ1n) is 4.53. The van der Waals surface area contributed by atoms with Crippen LogP contribution in [0.3, 0.4) is 0 Å². The van der Waals surface area contributed by atoms with E-state index in [1.54, 1.807) is 0 Å². The van der Waals surface area contributed by atoms with Crippen molar-refractivity contribution in [3.05, 3.63) is 0 Å². The van der Waals surface area contributed by atoms with Crippen molar-refractivity contribution in [3.63, 3.8) is 0 Å². The van der Waals surface area contributed by atoms with Crippen molar-refractivity contribution in [2.75, 3.05) is 0 Å². The predicted molar refractivity (Wildman–Crippen MR) is 53.6 cm³/mol. The van der Waals surface area contributed by atoms with Crippen molar-refractivity contribution in [1.29, 1.82) is 0 Å². The van der Waals surface area contributed by atoms with Crippen molar-refractivity contribution in [2.45, 2.75) is 24.9 Å². The highest BCUT2D eigenvalue weighted by Crippen LogP contribution is 1.95. The Balaban J connectivity index is 4.36. The molecule has 2 atom stereocenters. The third-order valence-corrected chi connectivity index (χ3v) is 1.76. The minimum atomic E-state index is -1.49. The molecule has 0 saturated heterocycles. The number of hydrogen-bond acceptors (Lipinski definition) is 5. The highest BCUT2D eigenvalue weighted by atomic mass is 16.4. The lowest BCUT2D eigenvalue weighted by molar-refractivity contribution is -0.144. The summed E-state index contributed by atoms with van der Waals surface area (Å²) in [5, 5.41) is 19.0. The SMILES string of the molecule is NC(=O)C[C@H](NC(=O)C[C@H](N)C(=O)O)C(=O)O. The Bertz CT molecular complexity index is 342. The summed E-state index contributed by atoms with van der Waals surface area (Å²) in [6.07, 6.45) is -1.17. The van der Waals surface area contributed by atoms with Gasteiger partial charge in [0.2, 0.25) is 11.8 Å². The van der Waals surface area contributed by atoms with Gasteiger partial charge in [0.15, 0.2) is 0 Å². The van der Waals surface area contributed by atoms with Gasteiger partial charge in [-0.25, -0.2) is 4.79 Å². The van der Waals surface area contributed by atoms with E-state index in [9.17, 15) is 19.2 Å². The van der Waals surface area contributed by atoms with E-state index >= 15 is 0 Å². The Labute approximate surface area is 95.8 Å². The van der Waals surface area contributed by atoms with Crippen molar-refractivity contribution < 1.29 is 29.4 Å². The van der Waals surface area contributed by atoms with E-state index in [0.717, 1.165) is 0 Å². The van der Waals surface area contributed by atoms with Crippen LogP contribution in [0.4, 0.5) is 0 Å². The van der Waals surface area contributed by atoms with Gasteiger partial charge in [-0.2, -0.15) is 0 Å². The van der Waals surface area contributed by atoms with Gasteiger partial charge in [-0.15, -0.1) is 0 Å². The van der Waals surface area contributed by atoms with E-state index in [1.165, 1.54) is 0 Å². The normalized spacial score (nSPS) is 13.5. The zero-order chi connectivity index (χ0) is 13.6. The number of hydrogen-bond donors (Lipinski definition) is 5. The summed E-state index contributed by atoms with van der Waals surface area (Å²) in [5.74, 6) is -4.61. The van der Waals surface area contributed by atoms with Crippen LogP contribution in [0.15, 0.2) is 0 Å². The maximum atomic E-state index is 11.2. The summed E-state index contributed by atoms with van der Waals surface area (Å²) >= 11 is 0. The van der Waals surface area contributed by atoms with Gasteiger partial charge in [-0.1, -0.05) is 0 Å². The number of carbonyl (C=O) groups is 4. The summed E-state index contributed by atoms with van der Waals surface area (Å²) in [6, 6.07) is -2.92. The molecule has 0 bridgehead atoms. The zero-order valence-corrected chi connectivity index (χ0v) is 8.75. The van der Waals surface area contributed by atoms with Gasteiger partial charge in [0.25, 0.3) is 0 Å². The number of carboxylic acid groups (broad SMARTS) is 2. The van der Waals surface area contributed by atoms with Gasteiger partial charge in [-0.05, 0) is 0 Å². The topological polar surface area (TPSA) is 173 Å². The first kappa shape index (κ1) is 14.8. The van der Waals surface area contributed by atoms with Crippen LogP contribution in [0.1, 0.15) is 12.8 Å². The molecule has 0 aliphatic heterocycles. The average molecular weight is 247 g/mol. The molecule has 0 fully saturated rings. The van der Waals surface area contributed by atoms with Crippen LogP contribution in [0.25, 0.3) is 0 Å². The number of aliphatic carboxylic acids is 2. The molecule has 7 N–H and O–H groups in total. The van der Waals surface area contributed by atoms with Gasteiger partial charge in [0.05, 0.1) is 12.8 Å². The van der Waals surface area contributed by atoms with E-state index in [-0.39, 0.29) is 0 Å². The quantitative estimate of drug-likeness (QED) is 0.323. The first-order chi connectivity index (χ1) is 7.73. The number of nitrogens with one attached hydrogen (secondary N) is 1. The van der Waals surface area contributed by atoms with Crippen LogP contribution in [-0.2, 0) is 19.2 Å². The minimum Gasteiger partial charge on any atom is -0.480 e. The highest BCUT2D eigenvalue weighted by Gasteiger charge is 2.24. The van der Waals surface area contributed by atoms with Crippen molar-refractivity contribution >= 4 is 23.8 Å². The molecule has 0 radical (unpaired) electrons. The lowest BCUT2D eigenvalue weighted by atomic mass is 10.1. The second kappa shape index (κ2) is 6.43. The molecule has 0 aliphatic carbocycles. The highest BCUT2D eigenvalue weighted by molar-refractivity contribution is 5.90. The average Bonchev–Trinajstić information content (AvgIpc) is 2.15. The lowest BCUT2D eigenvalue weighted by Crippen LogP contribution is -2.46. The number of carboxylic acids is 2. The van der Waals surface area contributed by atoms with Crippen LogP contribution in [0.2, 0.25) is 0 Å². The Morgan fingerprint density at radius 2 is 1.59 bits per heavy atom. The number of primary amides is 1. The van der Waals surface area contributed by atoms with Crippen LogP contribution in [0, 0.1) is 0 Å². The largest absolute Gasteiger partial charge is 0.480 e. The number of carbonyl (C=O) groups excluding carboxylic acids is 2. The summed E-state index contributed by atoms with van der Waals surface area (Å²) in [5.41, 5.74) is 9.86. The molecule has 17 heavy (non-hydrogen) atoms. The van der Waals surface area contributed by atoms with Gasteiger partial charge in [-0.3, -0.25) is 14.4 Å². The lowest BCUT2D eigenvalue weighted by Gasteiger charge is -2.13. The molecule has 0 spiro atoms. The maximum absolute atomic E-state index is 11.2. The molecule has 0 heterocycles. The number of nitrogens with two attached hydrogens (primary N) is 2. The Morgan fingerprint density at radius 1 is 1.06 bits per heavy atom. The molecule has 0 aliphatic rings. The van der Waals surface area contributed by atoms with E-state index < -0.39 is 48.7 Å². The maximum Gasteiger partial charge on any atom is 0.326 e. The fourth-order valence-electron chi connectivity index (χ4n) is 0.942. The smallest absolute Gasteiger partial charge is 0.326 e. The van der Waals surface area contributed by atoms with Gasteiger partial charge in [0, 0.05) is 0 Å². The Hall–Kier alpha value is -2.16. The second-order valence-electron chi connectivity index (χ2n) is 3.28. The van der Waals surface area contributed by atoms with E-state index in [0.29, 0.717) is 0 Å². The molecule has 0 unspecified atom stereocenters. The summed E-state index contributed by atoms with van der Waals surface area (Å²) < 4.78 is 0. The molecule has 0 rings (SSSR count). The van der Waals surface area contributed by atoms with Crippen LogP contribution in [0.5, 0.6) is 0 Å². The third-order valence-electron chi connectivity index (χ3n) is 1.76. The van der Waals surface area contributed by atoms with Gasteiger partial charge in [0.1, 0.15) is 12.1 Å². The molecular weight excluding hydrogens is 234 g/mol. The monoisotopic (exact) mass is 247 g/mol. The van der Waals surface area contributed by atoms with Crippen molar-refractivity contribution in [1.82, 2.24) is 5.32 Å². The van der Waals surface area contributed by atoms with Crippen LogP contribution < -0.4 is 16.8 Å². The zero-order valence-electron chi connectivity index (χ0n) is 8.75. The van der Waals surface area contributed by atoms with Gasteiger partial charge < -0.3 is 27.0 Å². The summed E-state index contributed by atoms with van der Waals surface area (Å²) in [4.78, 5) is 42.7. The molecule has 0 aromatic rings. The predicted octanol–water partition coefficient (Wildman–Crippen LogP) is -2.77. The van der Waals surface area contributed by atoms with E-state index in [1.807, 2.05) is 5.32 Å². The molecule has 0 saturated carbocycles. The van der Waals surface area contributed by atoms with Crippen molar-refractivity contribution in [3.8, 4) is 0 Å². The van der Waals surface area contributed by atoms with Crippen LogP contribution in [-0.4, -0.2) is 46.0 Å². The Kier molecular flexibility index (Phi) is 5.61. The first-order valence-corrected chi connectivity index (χ1v) is 4.53. The molecule has 0 aromatic heterocycles. The standard InChI is InChI=1S/C8H13N3O6/c9-3(7(14)15)1-6(13)11-4(8(16)17)2-5(10)12/h3-4H,1-2,9H2,(H2,10,12)(H,11,13)(H,14,15)(H,16,17)/t3-,4-/m0/s1. The second-order valence-corrected chi connectivity index (χ2v) is 3.28. The van der Waals surface area contributed by atoms with Crippen molar-refractivity contribution in [2.24, 2.45) is 11.5 Å². The third kappa shape index (κ3) is 6.10. The number of amides is 2. The summed E-state index contributed by atoms with van der Waals surface area (Å²) in [7, 11) is 0. The fraction of sp³-hybridized carbons (Fsp3) is 0.500. The van der Waals surface area contributed by atoms with E-state index in [4.69, 9.17) is 21.7 Å². The Morgan fingerprint density at radius 3 is 1.94 bits per heavy atom. The van der Waals surface area contributed by atoms with Gasteiger partial charge >= 0.3 is 11.9 Å². The number of rotatable bonds is 7. The molecular formula is C8H13N3O6. The fourth-order valence-corrected chi connectivity index (χ4v) is 0.942. The molecule has 9 nitrogen and oxygen atoms in total. The summed E-state index contributed by atoms with van der Waals surface area (Å²) in [6.45, 7) is 0. The molecule has 2 amide bonds. The minimum absolute atomic E-state index is 0.580. The molecule has 9 heteroatoms. The molecule has 96 valence electrons.